The molecule has 0 aliphatic heterocycles. The highest BCUT2D eigenvalue weighted by Crippen LogP contribution is 2.65. The van der Waals surface area contributed by atoms with Crippen molar-refractivity contribution in [3.8, 4) is 0 Å². The van der Waals surface area contributed by atoms with Crippen molar-refractivity contribution >= 4 is 23.2 Å². The molecule has 2 nitrogen and oxygen atoms in total. The average Bonchev–Trinajstić information content (AvgIpc) is 2.67. The van der Waals surface area contributed by atoms with Gasteiger partial charge >= 0.3 is 0 Å². The number of hydrogen-bond donors (Lipinski definition) is 1. The summed E-state index contributed by atoms with van der Waals surface area (Å²) in [4.78, 5) is 2.28. The molecule has 0 aromatic carbocycles. The Balaban J connectivity index is 2.07. The molecule has 2 aliphatic rings. The van der Waals surface area contributed by atoms with Crippen LogP contribution in [-0.4, -0.2) is 42.5 Å². The second-order valence-electron chi connectivity index (χ2n) is 4.79. The minimum atomic E-state index is -0.431. The fourth-order valence-electron chi connectivity index (χ4n) is 2.84. The van der Waals surface area contributed by atoms with Crippen molar-refractivity contribution in [2.24, 2.45) is 11.8 Å². The third-order valence-electron chi connectivity index (χ3n) is 3.87. The molecular formula is C10H18Cl2N2. The Morgan fingerprint density at radius 3 is 2.29 bits per heavy atom. The Hall–Kier alpha value is 0.500. The average molecular weight is 237 g/mol. The zero-order chi connectivity index (χ0) is 10.5. The molecule has 0 aromatic heterocycles. The third kappa shape index (κ3) is 1.57. The fraction of sp³-hybridized carbons (Fsp3) is 1.00. The quantitative estimate of drug-likeness (QED) is 0.735. The van der Waals surface area contributed by atoms with E-state index >= 15 is 0 Å². The zero-order valence-corrected chi connectivity index (χ0v) is 10.4. The smallest absolute Gasteiger partial charge is 0.124 e. The molecule has 0 radical (unpaired) electrons. The van der Waals surface area contributed by atoms with Crippen molar-refractivity contribution in [2.75, 3.05) is 21.1 Å². The van der Waals surface area contributed by atoms with Gasteiger partial charge in [0, 0.05) is 12.1 Å². The molecule has 82 valence electrons. The summed E-state index contributed by atoms with van der Waals surface area (Å²) in [7, 11) is 6.28. The maximum absolute atomic E-state index is 6.22. The standard InChI is InChI=1S/C10H18Cl2N2/c1-13-8-4-6-7(10(6,11)12)5-9(8)14(2)3/h6-9,13H,4-5H2,1-3H3/t6?,7?,8-,9-/m1/s1. The topological polar surface area (TPSA) is 15.3 Å². The summed E-state index contributed by atoms with van der Waals surface area (Å²) in [6, 6.07) is 1.10. The first kappa shape index (κ1) is 11.0. The number of hydrogen-bond acceptors (Lipinski definition) is 2. The molecule has 1 N–H and O–H groups in total. The maximum Gasteiger partial charge on any atom is 0.124 e. The van der Waals surface area contributed by atoms with E-state index in [1.165, 1.54) is 0 Å². The predicted octanol–water partition coefficient (Wildman–Crippen LogP) is 1.72. The van der Waals surface area contributed by atoms with Gasteiger partial charge in [0.15, 0.2) is 0 Å². The van der Waals surface area contributed by atoms with Crippen LogP contribution in [-0.2, 0) is 0 Å². The first-order chi connectivity index (χ1) is 6.48. The lowest BCUT2D eigenvalue weighted by atomic mass is 9.90. The second kappa shape index (κ2) is 3.51. The third-order valence-corrected chi connectivity index (χ3v) is 4.99. The van der Waals surface area contributed by atoms with E-state index in [-0.39, 0.29) is 0 Å². The van der Waals surface area contributed by atoms with E-state index in [0.29, 0.717) is 23.9 Å². The molecule has 2 rings (SSSR count). The molecule has 14 heavy (non-hydrogen) atoms. The number of nitrogens with zero attached hydrogens (tertiary/aromatic N) is 1. The molecule has 0 heterocycles. The van der Waals surface area contributed by atoms with Crippen LogP contribution in [0.2, 0.25) is 0 Å². The number of likely N-dealkylation sites (N-methyl/N-ethyl adjacent to an activating group) is 2. The first-order valence-corrected chi connectivity index (χ1v) is 5.95. The number of halogens is 2. The molecular weight excluding hydrogens is 219 g/mol. The molecule has 2 fully saturated rings. The van der Waals surface area contributed by atoms with E-state index in [9.17, 15) is 0 Å². The summed E-state index contributed by atoms with van der Waals surface area (Å²) in [5.74, 6) is 1.03. The molecule has 0 aromatic rings. The highest BCUT2D eigenvalue weighted by Gasteiger charge is 2.66. The summed E-state index contributed by atoms with van der Waals surface area (Å²) in [6.45, 7) is 0. The summed E-state index contributed by atoms with van der Waals surface area (Å²) < 4.78 is -0.431. The SMILES string of the molecule is CN[C@@H]1CC2C(C[C@H]1N(C)C)C2(Cl)Cl. The molecule has 4 heteroatoms. The number of alkyl halides is 2. The Labute approximate surface area is 95.9 Å². The summed E-state index contributed by atoms with van der Waals surface area (Å²) in [5, 5.41) is 3.37. The summed E-state index contributed by atoms with van der Waals surface area (Å²) in [6.07, 6.45) is 2.23. The number of fused-ring (bicyclic) bond motifs is 1. The van der Waals surface area contributed by atoms with Crippen LogP contribution in [0.15, 0.2) is 0 Å². The largest absolute Gasteiger partial charge is 0.315 e. The fourth-order valence-corrected chi connectivity index (χ4v) is 3.68. The van der Waals surface area contributed by atoms with Crippen LogP contribution in [0.4, 0.5) is 0 Å². The molecule has 2 saturated carbocycles. The van der Waals surface area contributed by atoms with Gasteiger partial charge in [0.25, 0.3) is 0 Å². The van der Waals surface area contributed by atoms with Crippen molar-refractivity contribution in [1.82, 2.24) is 10.2 Å². The van der Waals surface area contributed by atoms with Crippen molar-refractivity contribution < 1.29 is 0 Å². The number of rotatable bonds is 2. The molecule has 0 spiro atoms. The maximum atomic E-state index is 6.22. The Morgan fingerprint density at radius 1 is 1.21 bits per heavy atom. The van der Waals surface area contributed by atoms with Gasteiger partial charge in [-0.05, 0) is 45.8 Å². The molecule has 2 aliphatic carbocycles. The van der Waals surface area contributed by atoms with E-state index in [1.54, 1.807) is 0 Å². The van der Waals surface area contributed by atoms with Crippen LogP contribution >= 0.6 is 23.2 Å². The van der Waals surface area contributed by atoms with E-state index in [2.05, 4.69) is 24.3 Å². The van der Waals surface area contributed by atoms with E-state index < -0.39 is 4.33 Å². The van der Waals surface area contributed by atoms with Gasteiger partial charge in [0.2, 0.25) is 0 Å². The van der Waals surface area contributed by atoms with Gasteiger partial charge in [0.1, 0.15) is 4.33 Å². The Bertz CT molecular complexity index is 230. The van der Waals surface area contributed by atoms with Crippen LogP contribution in [0, 0.1) is 11.8 Å². The minimum Gasteiger partial charge on any atom is -0.315 e. The van der Waals surface area contributed by atoms with Gasteiger partial charge in [-0.15, -0.1) is 23.2 Å². The first-order valence-electron chi connectivity index (χ1n) is 5.20. The van der Waals surface area contributed by atoms with Gasteiger partial charge in [-0.1, -0.05) is 0 Å². The van der Waals surface area contributed by atoms with Gasteiger partial charge in [-0.3, -0.25) is 0 Å². The van der Waals surface area contributed by atoms with Crippen LogP contribution in [0.3, 0.4) is 0 Å². The molecule has 0 saturated heterocycles. The zero-order valence-electron chi connectivity index (χ0n) is 8.93. The number of nitrogens with one attached hydrogen (secondary N) is 1. The molecule has 2 unspecified atom stereocenters. The lowest BCUT2D eigenvalue weighted by molar-refractivity contribution is 0.176. The highest BCUT2D eigenvalue weighted by molar-refractivity contribution is 6.51. The van der Waals surface area contributed by atoms with Gasteiger partial charge < -0.3 is 10.2 Å². The van der Waals surface area contributed by atoms with Crippen molar-refractivity contribution in [3.63, 3.8) is 0 Å². The Morgan fingerprint density at radius 2 is 1.79 bits per heavy atom. The molecule has 0 amide bonds. The van der Waals surface area contributed by atoms with Crippen molar-refractivity contribution in [3.05, 3.63) is 0 Å². The van der Waals surface area contributed by atoms with Gasteiger partial charge in [-0.2, -0.15) is 0 Å². The monoisotopic (exact) mass is 236 g/mol. The second-order valence-corrected chi connectivity index (χ2v) is 6.23. The summed E-state index contributed by atoms with van der Waals surface area (Å²) >= 11 is 12.4. The van der Waals surface area contributed by atoms with Crippen molar-refractivity contribution in [1.29, 1.82) is 0 Å². The minimum absolute atomic E-state index is 0.431. The highest BCUT2D eigenvalue weighted by atomic mass is 35.5. The normalized spacial score (nSPS) is 45.0. The predicted molar refractivity (Wildman–Crippen MR) is 61.0 cm³/mol. The lowest BCUT2D eigenvalue weighted by Gasteiger charge is -2.35. The van der Waals surface area contributed by atoms with Crippen molar-refractivity contribution in [2.45, 2.75) is 29.3 Å². The van der Waals surface area contributed by atoms with E-state index in [1.807, 2.05) is 7.05 Å². The summed E-state index contributed by atoms with van der Waals surface area (Å²) in [5.41, 5.74) is 0. The van der Waals surface area contributed by atoms with Crippen LogP contribution in [0.5, 0.6) is 0 Å². The van der Waals surface area contributed by atoms with Crippen LogP contribution in [0.1, 0.15) is 12.8 Å². The van der Waals surface area contributed by atoms with E-state index in [4.69, 9.17) is 23.2 Å². The van der Waals surface area contributed by atoms with Gasteiger partial charge in [-0.25, -0.2) is 0 Å². The van der Waals surface area contributed by atoms with Crippen LogP contribution in [0.25, 0.3) is 0 Å². The molecule has 4 atom stereocenters. The van der Waals surface area contributed by atoms with Gasteiger partial charge in [0.05, 0.1) is 0 Å². The van der Waals surface area contributed by atoms with E-state index in [0.717, 1.165) is 12.8 Å². The van der Waals surface area contributed by atoms with Crippen LogP contribution < -0.4 is 5.32 Å². The lowest BCUT2D eigenvalue weighted by Crippen LogP contribution is -2.48. The molecule has 0 bridgehead atoms. The Kier molecular flexibility index (Phi) is 2.76.